The predicted octanol–water partition coefficient (Wildman–Crippen LogP) is 15.7. The van der Waals surface area contributed by atoms with Gasteiger partial charge in [-0.15, -0.1) is 0 Å². The van der Waals surface area contributed by atoms with Crippen molar-refractivity contribution in [2.45, 2.75) is 344 Å². The molecular formula is C78H133NO13. The van der Waals surface area contributed by atoms with Gasteiger partial charge >= 0.3 is 0 Å². The number of aliphatic hydroxyl groups is 8. The average Bonchev–Trinajstić information content (AvgIpc) is 1.05. The fraction of sp³-hybridized carbons (Fsp3) is 0.731. The zero-order chi connectivity index (χ0) is 66.6. The third-order valence-corrected chi connectivity index (χ3v) is 17.1. The molecule has 92 heavy (non-hydrogen) atoms. The Morgan fingerprint density at radius 1 is 0.402 bits per heavy atom. The van der Waals surface area contributed by atoms with Crippen molar-refractivity contribution < 1.29 is 64.6 Å². The molecule has 2 heterocycles. The van der Waals surface area contributed by atoms with Crippen molar-refractivity contribution in [3.05, 3.63) is 122 Å². The lowest BCUT2D eigenvalue weighted by atomic mass is 9.97. The second-order valence-corrected chi connectivity index (χ2v) is 25.3. The molecule has 0 aromatic heterocycles. The maximum Gasteiger partial charge on any atom is 0.220 e. The first-order chi connectivity index (χ1) is 45.1. The van der Waals surface area contributed by atoms with Gasteiger partial charge in [-0.25, -0.2) is 0 Å². The minimum Gasteiger partial charge on any atom is -0.394 e. The molecule has 2 saturated heterocycles. The molecule has 12 atom stereocenters. The Morgan fingerprint density at radius 3 is 1.20 bits per heavy atom. The molecule has 0 aromatic rings. The van der Waals surface area contributed by atoms with Crippen LogP contribution in [0.25, 0.3) is 0 Å². The van der Waals surface area contributed by atoms with E-state index in [1.165, 1.54) is 148 Å². The molecule has 12 unspecified atom stereocenters. The fourth-order valence-corrected chi connectivity index (χ4v) is 11.3. The summed E-state index contributed by atoms with van der Waals surface area (Å²) in [5.74, 6) is -0.252. The highest BCUT2D eigenvalue weighted by molar-refractivity contribution is 5.76. The van der Waals surface area contributed by atoms with Crippen molar-refractivity contribution in [1.82, 2.24) is 5.32 Å². The van der Waals surface area contributed by atoms with Crippen LogP contribution in [-0.2, 0) is 23.7 Å². The van der Waals surface area contributed by atoms with E-state index < -0.39 is 86.8 Å². The van der Waals surface area contributed by atoms with E-state index in [0.29, 0.717) is 12.8 Å². The van der Waals surface area contributed by atoms with Crippen molar-refractivity contribution in [2.24, 2.45) is 0 Å². The van der Waals surface area contributed by atoms with Crippen LogP contribution in [0.3, 0.4) is 0 Å². The smallest absolute Gasteiger partial charge is 0.220 e. The molecule has 1 amide bonds. The lowest BCUT2D eigenvalue weighted by Gasteiger charge is -2.46. The first kappa shape index (κ1) is 84.5. The molecule has 9 N–H and O–H groups in total. The molecule has 2 aliphatic heterocycles. The van der Waals surface area contributed by atoms with Gasteiger partial charge in [0.25, 0.3) is 0 Å². The van der Waals surface area contributed by atoms with Crippen molar-refractivity contribution in [1.29, 1.82) is 0 Å². The number of amides is 1. The van der Waals surface area contributed by atoms with Gasteiger partial charge in [0.2, 0.25) is 5.91 Å². The second-order valence-electron chi connectivity index (χ2n) is 25.3. The van der Waals surface area contributed by atoms with Gasteiger partial charge in [-0.05, 0) is 96.3 Å². The van der Waals surface area contributed by atoms with Crippen molar-refractivity contribution in [3.63, 3.8) is 0 Å². The highest BCUT2D eigenvalue weighted by atomic mass is 16.7. The molecule has 528 valence electrons. The summed E-state index contributed by atoms with van der Waals surface area (Å²) in [4.78, 5) is 13.3. The van der Waals surface area contributed by atoms with E-state index in [1.807, 2.05) is 6.08 Å². The minimum atomic E-state index is -1.80. The Bertz CT molecular complexity index is 2010. The zero-order valence-corrected chi connectivity index (χ0v) is 57.5. The summed E-state index contributed by atoms with van der Waals surface area (Å²) in [6.07, 6.45) is 72.6. The molecule has 0 spiro atoms. The van der Waals surface area contributed by atoms with Gasteiger partial charge in [0.1, 0.15) is 48.8 Å². The number of carbonyl (C=O) groups excluding carboxylic acids is 1. The van der Waals surface area contributed by atoms with E-state index in [2.05, 4.69) is 129 Å². The summed E-state index contributed by atoms with van der Waals surface area (Å²) < 4.78 is 22.8. The maximum atomic E-state index is 13.3. The van der Waals surface area contributed by atoms with Crippen LogP contribution in [0.2, 0.25) is 0 Å². The first-order valence-electron chi connectivity index (χ1n) is 36.8. The Balaban J connectivity index is 1.63. The predicted molar refractivity (Wildman–Crippen MR) is 378 cm³/mol. The molecule has 0 radical (unpaired) electrons. The van der Waals surface area contributed by atoms with Crippen LogP contribution in [0, 0.1) is 0 Å². The number of rotatable bonds is 59. The Kier molecular flexibility index (Phi) is 56.0. The van der Waals surface area contributed by atoms with Crippen LogP contribution in [0.1, 0.15) is 271 Å². The molecule has 2 rings (SSSR count). The Labute approximate surface area is 558 Å². The topological polar surface area (TPSA) is 228 Å². The number of hydrogen-bond acceptors (Lipinski definition) is 13. The molecule has 14 heteroatoms. The summed E-state index contributed by atoms with van der Waals surface area (Å²) in [5, 5.41) is 87.4. The van der Waals surface area contributed by atoms with Gasteiger partial charge in [-0.3, -0.25) is 4.79 Å². The van der Waals surface area contributed by atoms with Gasteiger partial charge in [-0.2, -0.15) is 0 Å². The molecule has 0 bridgehead atoms. The van der Waals surface area contributed by atoms with Crippen molar-refractivity contribution in [2.75, 3.05) is 19.8 Å². The highest BCUT2D eigenvalue weighted by Gasteiger charge is 2.51. The summed E-state index contributed by atoms with van der Waals surface area (Å²) in [6.45, 7) is 2.68. The normalized spacial score (nSPS) is 23.4. The second kappa shape index (κ2) is 61.0. The van der Waals surface area contributed by atoms with Crippen molar-refractivity contribution >= 4 is 5.91 Å². The lowest BCUT2D eigenvalue weighted by Crippen LogP contribution is -2.65. The van der Waals surface area contributed by atoms with E-state index in [4.69, 9.17) is 18.9 Å². The van der Waals surface area contributed by atoms with Crippen LogP contribution in [0.15, 0.2) is 122 Å². The molecular weight excluding hydrogens is 1160 g/mol. The third-order valence-electron chi connectivity index (χ3n) is 17.1. The van der Waals surface area contributed by atoms with E-state index in [-0.39, 0.29) is 18.9 Å². The molecule has 0 aromatic carbocycles. The maximum absolute atomic E-state index is 13.3. The van der Waals surface area contributed by atoms with Gasteiger partial charge < -0.3 is 65.1 Å². The fourth-order valence-electron chi connectivity index (χ4n) is 11.3. The number of hydrogen-bond donors (Lipinski definition) is 9. The summed E-state index contributed by atoms with van der Waals surface area (Å²) in [6, 6.07) is -0.939. The average molecular weight is 1290 g/mol. The van der Waals surface area contributed by atoms with E-state index in [1.54, 1.807) is 6.08 Å². The van der Waals surface area contributed by atoms with E-state index >= 15 is 0 Å². The molecule has 2 aliphatic rings. The monoisotopic (exact) mass is 1290 g/mol. The SMILES string of the molecule is CC/C=C\C/C=C\C/C=C\C/C=C\C/C=C\C/C=C\C/C=C\C/C=C\CCCCCCCCCCCCCCCCC(=O)NC(COC1OC(CO)C(OC2OC(CO)C(O)C(O)C2O)C(O)C1O)C(O)/C=C/CC/C=C/CCCCCCCCCCCCCCC. The van der Waals surface area contributed by atoms with Crippen LogP contribution < -0.4 is 5.32 Å². The largest absolute Gasteiger partial charge is 0.394 e. The lowest BCUT2D eigenvalue weighted by molar-refractivity contribution is -0.359. The minimum absolute atomic E-state index is 0.252. The van der Waals surface area contributed by atoms with Gasteiger partial charge in [0.05, 0.1) is 32.0 Å². The summed E-state index contributed by atoms with van der Waals surface area (Å²) >= 11 is 0. The molecule has 2 fully saturated rings. The van der Waals surface area contributed by atoms with Crippen LogP contribution in [0.5, 0.6) is 0 Å². The Morgan fingerprint density at radius 2 is 0.761 bits per heavy atom. The van der Waals surface area contributed by atoms with Crippen LogP contribution in [0.4, 0.5) is 0 Å². The quantitative estimate of drug-likeness (QED) is 0.0204. The number of unbranched alkanes of at least 4 members (excludes halogenated alkanes) is 28. The number of carbonyl (C=O) groups is 1. The van der Waals surface area contributed by atoms with E-state index in [9.17, 15) is 45.6 Å². The van der Waals surface area contributed by atoms with Crippen LogP contribution in [-0.4, -0.2) is 140 Å². The third kappa shape index (κ3) is 44.2. The zero-order valence-electron chi connectivity index (χ0n) is 57.5. The van der Waals surface area contributed by atoms with Crippen LogP contribution >= 0.6 is 0 Å². The number of nitrogens with one attached hydrogen (secondary N) is 1. The van der Waals surface area contributed by atoms with E-state index in [0.717, 1.165) is 89.9 Å². The summed E-state index contributed by atoms with van der Waals surface area (Å²) in [5.41, 5.74) is 0. The molecule has 0 aliphatic carbocycles. The Hall–Kier alpha value is -3.61. The first-order valence-corrected chi connectivity index (χ1v) is 36.8. The molecule has 0 saturated carbocycles. The van der Waals surface area contributed by atoms with Crippen molar-refractivity contribution in [3.8, 4) is 0 Å². The summed E-state index contributed by atoms with van der Waals surface area (Å²) in [7, 11) is 0. The highest BCUT2D eigenvalue weighted by Crippen LogP contribution is 2.30. The number of allylic oxidation sites excluding steroid dienone is 19. The van der Waals surface area contributed by atoms with Gasteiger partial charge in [0.15, 0.2) is 12.6 Å². The standard InChI is InChI=1S/C78H133NO13/c1-3-5-7-9-11-13-15-17-19-21-23-24-25-26-27-28-29-30-31-32-33-34-35-36-37-38-39-40-41-42-44-46-48-50-52-54-56-58-60-62-70(83)79-66(67(82)61-59-57-55-53-51-49-47-45-43-22-20-18-16-14-12-10-8-6-4-2)65-89-77-75(88)73(86)76(69(64-81)91-77)92-78-74(87)72(85)71(84)68(63-80)90-78/h5,7,11,13,17,19,23-24,26-27,29-30,32-33,35-36,51,53,59,61,66-69,71-78,80-82,84-88H,3-4,6,8-10,12,14-16,18,20-22,25,28,31,34,37-50,52,54-58,60,62-65H2,1-2H3,(H,79,83)/b7-5-,13-11-,19-17-,24-23-,27-26-,30-29-,33-32-,36-35-,53-51+,61-59+. The van der Waals surface area contributed by atoms with Gasteiger partial charge in [0, 0.05) is 6.42 Å². The van der Waals surface area contributed by atoms with Gasteiger partial charge in [-0.1, -0.05) is 289 Å². The number of ether oxygens (including phenoxy) is 4. The number of aliphatic hydroxyl groups excluding tert-OH is 8. The molecule has 14 nitrogen and oxygen atoms in total.